The predicted molar refractivity (Wildman–Crippen MR) is 146 cm³/mol. The van der Waals surface area contributed by atoms with E-state index in [1.165, 1.54) is 4.90 Å². The van der Waals surface area contributed by atoms with Crippen LogP contribution in [0.2, 0.25) is 0 Å². The molecule has 1 saturated heterocycles. The van der Waals surface area contributed by atoms with Crippen LogP contribution in [0.1, 0.15) is 48.9 Å². The van der Waals surface area contributed by atoms with E-state index in [1.807, 2.05) is 99.6 Å². The Bertz CT molecular complexity index is 1490. The third-order valence-corrected chi connectivity index (χ3v) is 8.93. The number of anilines is 1. The zero-order chi connectivity index (χ0) is 26.1. The van der Waals surface area contributed by atoms with Crippen molar-refractivity contribution in [3.63, 3.8) is 0 Å². The summed E-state index contributed by atoms with van der Waals surface area (Å²) in [6.45, 7) is 7.86. The molecule has 3 aliphatic rings. The maximum absolute atomic E-state index is 14.7. The first-order chi connectivity index (χ1) is 17.8. The summed E-state index contributed by atoms with van der Waals surface area (Å²) < 4.78 is 0. The molecule has 1 heterocycles. The van der Waals surface area contributed by atoms with Gasteiger partial charge in [-0.3, -0.25) is 14.4 Å². The molecule has 4 atom stereocenters. The Morgan fingerprint density at radius 3 is 1.92 bits per heavy atom. The van der Waals surface area contributed by atoms with Crippen LogP contribution in [0, 0.1) is 36.5 Å². The second-order valence-electron chi connectivity index (χ2n) is 11.0. The fraction of sp³-hybridized carbons (Fsp3) is 0.303. The number of allylic oxidation sites excluding steroid dienone is 2. The monoisotopic (exact) mass is 489 g/mol. The average molecular weight is 490 g/mol. The lowest BCUT2D eigenvalue weighted by atomic mass is 9.61. The van der Waals surface area contributed by atoms with Crippen LogP contribution in [0.3, 0.4) is 0 Å². The van der Waals surface area contributed by atoms with Gasteiger partial charge in [0.25, 0.3) is 0 Å². The number of rotatable bonds is 5. The number of Topliss-reactive ketones (excluding diaryl/α,β-unsaturated/α-hetero) is 1. The highest BCUT2D eigenvalue weighted by atomic mass is 16.2. The Kier molecular flexibility index (Phi) is 5.17. The van der Waals surface area contributed by atoms with E-state index < -0.39 is 22.7 Å². The Labute approximate surface area is 218 Å². The normalized spacial score (nSPS) is 28.4. The van der Waals surface area contributed by atoms with Gasteiger partial charge in [0, 0.05) is 0 Å². The number of benzene rings is 3. The summed E-state index contributed by atoms with van der Waals surface area (Å²) >= 11 is 0. The number of amides is 2. The Morgan fingerprint density at radius 1 is 0.757 bits per heavy atom. The number of fused-ring (bicyclic) bond motifs is 5. The summed E-state index contributed by atoms with van der Waals surface area (Å²) in [7, 11) is 0. The van der Waals surface area contributed by atoms with Crippen LogP contribution in [0.5, 0.6) is 0 Å². The van der Waals surface area contributed by atoms with E-state index in [4.69, 9.17) is 0 Å². The molecule has 3 aromatic rings. The molecule has 4 heteroatoms. The Morgan fingerprint density at radius 2 is 1.32 bits per heavy atom. The molecule has 2 aliphatic carbocycles. The molecule has 0 aromatic heterocycles. The SMILES string of the molecule is CCC[C@@]12C(=O)[C@@](C)(C(c3ccccc3)=C1c1ccccc1)[C@@H]1C(=O)N(c3cc(C)ccc3C)C(=O)[C@@H]12. The van der Waals surface area contributed by atoms with Crippen LogP contribution in [0.25, 0.3) is 11.1 Å². The lowest BCUT2D eigenvalue weighted by Gasteiger charge is -2.37. The molecule has 1 saturated carbocycles. The minimum atomic E-state index is -1.09. The van der Waals surface area contributed by atoms with Gasteiger partial charge in [-0.15, -0.1) is 0 Å². The molecule has 4 nitrogen and oxygen atoms in total. The number of carbonyl (C=O) groups excluding carboxylic acids is 3. The summed E-state index contributed by atoms with van der Waals surface area (Å²) in [5, 5.41) is 0. The van der Waals surface area contributed by atoms with Crippen molar-refractivity contribution in [3.05, 3.63) is 101 Å². The third kappa shape index (κ3) is 2.87. The number of nitrogens with zero attached hydrogens (tertiary/aromatic N) is 1. The summed E-state index contributed by atoms with van der Waals surface area (Å²) in [5.41, 5.74) is 4.09. The van der Waals surface area contributed by atoms with Crippen molar-refractivity contribution in [2.75, 3.05) is 4.90 Å². The van der Waals surface area contributed by atoms with E-state index in [1.54, 1.807) is 0 Å². The molecule has 2 bridgehead atoms. The Hall–Kier alpha value is -3.79. The van der Waals surface area contributed by atoms with Gasteiger partial charge in [-0.05, 0) is 66.7 Å². The van der Waals surface area contributed by atoms with Gasteiger partial charge in [-0.25, -0.2) is 4.90 Å². The first-order valence-corrected chi connectivity index (χ1v) is 13.1. The fourth-order valence-electron chi connectivity index (χ4n) is 7.56. The topological polar surface area (TPSA) is 54.5 Å². The minimum absolute atomic E-state index is 0.0249. The highest BCUT2D eigenvalue weighted by molar-refractivity contribution is 6.34. The summed E-state index contributed by atoms with van der Waals surface area (Å²) in [4.78, 5) is 44.7. The van der Waals surface area contributed by atoms with Crippen LogP contribution < -0.4 is 4.90 Å². The first kappa shape index (κ1) is 23.6. The number of ketones is 1. The molecule has 6 rings (SSSR count). The van der Waals surface area contributed by atoms with Crippen molar-refractivity contribution in [2.24, 2.45) is 22.7 Å². The van der Waals surface area contributed by atoms with Gasteiger partial charge in [-0.1, -0.05) is 86.1 Å². The highest BCUT2D eigenvalue weighted by Gasteiger charge is 2.80. The van der Waals surface area contributed by atoms with E-state index in [0.29, 0.717) is 12.1 Å². The summed E-state index contributed by atoms with van der Waals surface area (Å²) in [6, 6.07) is 25.8. The molecule has 37 heavy (non-hydrogen) atoms. The van der Waals surface area contributed by atoms with Gasteiger partial charge < -0.3 is 0 Å². The van der Waals surface area contributed by atoms with Crippen molar-refractivity contribution in [3.8, 4) is 0 Å². The predicted octanol–water partition coefficient (Wildman–Crippen LogP) is 6.41. The second kappa shape index (κ2) is 8.11. The maximum atomic E-state index is 14.7. The molecule has 2 amide bonds. The molecule has 0 spiro atoms. The van der Waals surface area contributed by atoms with Crippen LogP contribution in [0.4, 0.5) is 5.69 Å². The van der Waals surface area contributed by atoms with Gasteiger partial charge >= 0.3 is 0 Å². The molecule has 3 aromatic carbocycles. The fourth-order valence-corrected chi connectivity index (χ4v) is 7.56. The number of carbonyl (C=O) groups is 3. The smallest absolute Gasteiger partial charge is 0.239 e. The number of aryl methyl sites for hydroxylation is 2. The number of imide groups is 1. The van der Waals surface area contributed by atoms with Crippen LogP contribution in [0.15, 0.2) is 78.9 Å². The van der Waals surface area contributed by atoms with Gasteiger partial charge in [0.05, 0.1) is 28.4 Å². The first-order valence-electron chi connectivity index (χ1n) is 13.1. The van der Waals surface area contributed by atoms with Crippen LogP contribution in [-0.4, -0.2) is 17.6 Å². The van der Waals surface area contributed by atoms with E-state index in [2.05, 4.69) is 6.92 Å². The highest BCUT2D eigenvalue weighted by Crippen LogP contribution is 2.75. The van der Waals surface area contributed by atoms with Crippen LogP contribution in [-0.2, 0) is 14.4 Å². The molecule has 0 unspecified atom stereocenters. The lowest BCUT2D eigenvalue weighted by Crippen LogP contribution is -2.41. The number of hydrogen-bond acceptors (Lipinski definition) is 3. The van der Waals surface area contributed by atoms with E-state index >= 15 is 0 Å². The van der Waals surface area contributed by atoms with Crippen LogP contribution >= 0.6 is 0 Å². The standard InChI is InChI=1S/C33H31NO3/c1-5-18-33-26(23-14-10-7-11-15-23)25(22-12-8-6-9-13-22)32(4,31(33)37)27-28(33)30(36)34(29(27)35)24-19-20(2)16-17-21(24)3/h6-17,19,27-28H,5,18H2,1-4H3/t27-,28+,32-,33+/m0/s1. The van der Waals surface area contributed by atoms with E-state index in [9.17, 15) is 14.4 Å². The average Bonchev–Trinajstić information content (AvgIpc) is 3.36. The molecule has 1 aliphatic heterocycles. The molecule has 2 fully saturated rings. The van der Waals surface area contributed by atoms with Crippen molar-refractivity contribution in [2.45, 2.75) is 40.5 Å². The third-order valence-electron chi connectivity index (χ3n) is 8.93. The van der Waals surface area contributed by atoms with Crippen molar-refractivity contribution < 1.29 is 14.4 Å². The molecular weight excluding hydrogens is 458 g/mol. The van der Waals surface area contributed by atoms with Gasteiger partial charge in [-0.2, -0.15) is 0 Å². The molecule has 186 valence electrons. The van der Waals surface area contributed by atoms with E-state index in [0.717, 1.165) is 39.8 Å². The molecule has 0 radical (unpaired) electrons. The summed E-state index contributed by atoms with van der Waals surface area (Å²) in [5.74, 6) is -1.90. The van der Waals surface area contributed by atoms with Gasteiger partial charge in [0.1, 0.15) is 0 Å². The zero-order valence-electron chi connectivity index (χ0n) is 21.7. The molecular formula is C33H31NO3. The molecule has 0 N–H and O–H groups in total. The Balaban J connectivity index is 1.66. The maximum Gasteiger partial charge on any atom is 0.239 e. The number of hydrogen-bond donors (Lipinski definition) is 0. The zero-order valence-corrected chi connectivity index (χ0v) is 21.7. The minimum Gasteiger partial charge on any atom is -0.298 e. The van der Waals surface area contributed by atoms with Crippen molar-refractivity contribution >= 4 is 34.4 Å². The lowest BCUT2D eigenvalue weighted by molar-refractivity contribution is -0.134. The van der Waals surface area contributed by atoms with Crippen molar-refractivity contribution in [1.82, 2.24) is 0 Å². The van der Waals surface area contributed by atoms with Gasteiger partial charge in [0.2, 0.25) is 11.8 Å². The van der Waals surface area contributed by atoms with Crippen molar-refractivity contribution in [1.29, 1.82) is 0 Å². The van der Waals surface area contributed by atoms with E-state index in [-0.39, 0.29) is 17.6 Å². The quantitative estimate of drug-likeness (QED) is 0.389. The van der Waals surface area contributed by atoms with Gasteiger partial charge in [0.15, 0.2) is 5.78 Å². The largest absolute Gasteiger partial charge is 0.298 e. The summed E-state index contributed by atoms with van der Waals surface area (Å²) in [6.07, 6.45) is 1.26. The second-order valence-corrected chi connectivity index (χ2v) is 11.0.